The maximum absolute atomic E-state index is 12.1. The minimum atomic E-state index is -0.809. The van der Waals surface area contributed by atoms with Crippen molar-refractivity contribution in [2.45, 2.75) is 12.7 Å². The predicted molar refractivity (Wildman–Crippen MR) is 82.6 cm³/mol. The SMILES string of the molecule is O=C(OCc1c(Cl)cccc1Cl)[C@H]1COc2ccccc2O1. The fraction of sp³-hybridized carbons (Fsp3) is 0.188. The van der Waals surface area contributed by atoms with Gasteiger partial charge in [0.15, 0.2) is 11.5 Å². The number of hydrogen-bond acceptors (Lipinski definition) is 4. The van der Waals surface area contributed by atoms with Crippen molar-refractivity contribution in [1.29, 1.82) is 0 Å². The first-order valence-corrected chi connectivity index (χ1v) is 7.39. The fourth-order valence-electron chi connectivity index (χ4n) is 2.04. The molecule has 22 heavy (non-hydrogen) atoms. The van der Waals surface area contributed by atoms with E-state index in [-0.39, 0.29) is 13.2 Å². The van der Waals surface area contributed by atoms with E-state index >= 15 is 0 Å². The predicted octanol–water partition coefficient (Wildman–Crippen LogP) is 3.88. The Balaban J connectivity index is 1.64. The molecule has 2 aromatic carbocycles. The molecule has 1 aliphatic rings. The van der Waals surface area contributed by atoms with Crippen LogP contribution in [0.5, 0.6) is 11.5 Å². The molecule has 0 radical (unpaired) electrons. The standard InChI is InChI=1S/C16H12Cl2O4/c17-11-4-3-5-12(18)10(11)8-21-16(19)15-9-20-13-6-1-2-7-14(13)22-15/h1-7,15H,8-9H2/t15-/m1/s1. The van der Waals surface area contributed by atoms with Gasteiger partial charge in [-0.05, 0) is 24.3 Å². The summed E-state index contributed by atoms with van der Waals surface area (Å²) in [5.74, 6) is 0.609. The van der Waals surface area contributed by atoms with E-state index in [4.69, 9.17) is 37.4 Å². The van der Waals surface area contributed by atoms with Crippen LogP contribution in [0.3, 0.4) is 0 Å². The summed E-state index contributed by atoms with van der Waals surface area (Å²) in [6.45, 7) is 0.0882. The Morgan fingerprint density at radius 3 is 2.50 bits per heavy atom. The number of benzene rings is 2. The molecule has 0 unspecified atom stereocenters. The minimum absolute atomic E-state index is 0.0150. The topological polar surface area (TPSA) is 44.8 Å². The Kier molecular flexibility index (Phi) is 4.41. The maximum Gasteiger partial charge on any atom is 0.351 e. The quantitative estimate of drug-likeness (QED) is 0.796. The third kappa shape index (κ3) is 3.13. The van der Waals surface area contributed by atoms with E-state index in [0.29, 0.717) is 27.1 Å². The lowest BCUT2D eigenvalue weighted by Crippen LogP contribution is -2.37. The van der Waals surface area contributed by atoms with Crippen molar-refractivity contribution >= 4 is 29.2 Å². The number of fused-ring (bicyclic) bond motifs is 1. The lowest BCUT2D eigenvalue weighted by Gasteiger charge is -2.25. The average molecular weight is 339 g/mol. The second-order valence-electron chi connectivity index (χ2n) is 4.67. The molecule has 0 fully saturated rings. The molecule has 114 valence electrons. The van der Waals surface area contributed by atoms with Crippen molar-refractivity contribution in [3.63, 3.8) is 0 Å². The van der Waals surface area contributed by atoms with Crippen molar-refractivity contribution in [3.05, 3.63) is 58.1 Å². The van der Waals surface area contributed by atoms with Gasteiger partial charge in [0.2, 0.25) is 6.10 Å². The molecule has 4 nitrogen and oxygen atoms in total. The van der Waals surface area contributed by atoms with Crippen molar-refractivity contribution in [2.24, 2.45) is 0 Å². The largest absolute Gasteiger partial charge is 0.485 e. The van der Waals surface area contributed by atoms with E-state index in [9.17, 15) is 4.79 Å². The van der Waals surface area contributed by atoms with E-state index in [2.05, 4.69) is 0 Å². The van der Waals surface area contributed by atoms with Gasteiger partial charge in [0.05, 0.1) is 0 Å². The van der Waals surface area contributed by atoms with E-state index in [1.165, 1.54) is 0 Å². The van der Waals surface area contributed by atoms with Crippen LogP contribution >= 0.6 is 23.2 Å². The molecule has 3 rings (SSSR count). The van der Waals surface area contributed by atoms with Gasteiger partial charge in [-0.2, -0.15) is 0 Å². The summed E-state index contributed by atoms with van der Waals surface area (Å²) in [6, 6.07) is 12.3. The zero-order valence-electron chi connectivity index (χ0n) is 11.4. The van der Waals surface area contributed by atoms with E-state index in [0.717, 1.165) is 0 Å². The fourth-order valence-corrected chi connectivity index (χ4v) is 2.55. The van der Waals surface area contributed by atoms with Gasteiger partial charge in [-0.3, -0.25) is 0 Å². The Labute approximate surface area is 137 Å². The van der Waals surface area contributed by atoms with Crippen LogP contribution < -0.4 is 9.47 Å². The van der Waals surface area contributed by atoms with Crippen LogP contribution in [0.2, 0.25) is 10.0 Å². The van der Waals surface area contributed by atoms with Crippen molar-refractivity contribution in [2.75, 3.05) is 6.61 Å². The molecule has 0 saturated carbocycles. The zero-order valence-corrected chi connectivity index (χ0v) is 12.9. The van der Waals surface area contributed by atoms with E-state index in [1.807, 2.05) is 6.07 Å². The van der Waals surface area contributed by atoms with Gasteiger partial charge in [0.1, 0.15) is 13.2 Å². The summed E-state index contributed by atoms with van der Waals surface area (Å²) in [5, 5.41) is 0.901. The monoisotopic (exact) mass is 338 g/mol. The summed E-state index contributed by atoms with van der Waals surface area (Å²) in [7, 11) is 0. The van der Waals surface area contributed by atoms with Crippen molar-refractivity contribution in [3.8, 4) is 11.5 Å². The van der Waals surface area contributed by atoms with Crippen LogP contribution in [-0.2, 0) is 16.1 Å². The van der Waals surface area contributed by atoms with Gasteiger partial charge in [-0.25, -0.2) is 4.79 Å². The van der Waals surface area contributed by atoms with E-state index in [1.54, 1.807) is 36.4 Å². The Bertz CT molecular complexity index is 682. The second kappa shape index (κ2) is 6.46. The number of rotatable bonds is 3. The number of ether oxygens (including phenoxy) is 3. The number of halogens is 2. The molecule has 1 atom stereocenters. The Hall–Kier alpha value is -1.91. The number of para-hydroxylation sites is 2. The van der Waals surface area contributed by atoms with Crippen LogP contribution in [0.15, 0.2) is 42.5 Å². The van der Waals surface area contributed by atoms with E-state index < -0.39 is 12.1 Å². The Morgan fingerprint density at radius 1 is 1.09 bits per heavy atom. The normalized spacial score (nSPS) is 16.2. The summed E-state index contributed by atoms with van der Waals surface area (Å²) in [4.78, 5) is 12.1. The van der Waals surface area contributed by atoms with Gasteiger partial charge in [-0.1, -0.05) is 41.4 Å². The van der Waals surface area contributed by atoms with Crippen molar-refractivity contribution < 1.29 is 19.0 Å². The molecule has 0 bridgehead atoms. The van der Waals surface area contributed by atoms with Crippen LogP contribution in [0.1, 0.15) is 5.56 Å². The van der Waals surface area contributed by atoms with Gasteiger partial charge >= 0.3 is 5.97 Å². The third-order valence-electron chi connectivity index (χ3n) is 3.19. The molecule has 2 aromatic rings. The zero-order chi connectivity index (χ0) is 15.5. The molecule has 0 aromatic heterocycles. The summed E-state index contributed by atoms with van der Waals surface area (Å²) >= 11 is 12.1. The average Bonchev–Trinajstić information content (AvgIpc) is 2.53. The van der Waals surface area contributed by atoms with Crippen molar-refractivity contribution in [1.82, 2.24) is 0 Å². The number of hydrogen-bond donors (Lipinski definition) is 0. The number of carbonyl (C=O) groups excluding carboxylic acids is 1. The van der Waals surface area contributed by atoms with Gasteiger partial charge in [0.25, 0.3) is 0 Å². The molecule has 0 aliphatic carbocycles. The van der Waals surface area contributed by atoms with Gasteiger partial charge in [0, 0.05) is 15.6 Å². The molecule has 1 heterocycles. The molecule has 0 spiro atoms. The number of carbonyl (C=O) groups is 1. The highest BCUT2D eigenvalue weighted by Crippen LogP contribution is 2.31. The highest BCUT2D eigenvalue weighted by Gasteiger charge is 2.28. The smallest absolute Gasteiger partial charge is 0.351 e. The summed E-state index contributed by atoms with van der Waals surface area (Å²) in [5.41, 5.74) is 0.566. The van der Waals surface area contributed by atoms with Crippen LogP contribution in [-0.4, -0.2) is 18.7 Å². The lowest BCUT2D eigenvalue weighted by atomic mass is 10.2. The lowest BCUT2D eigenvalue weighted by molar-refractivity contribution is -0.155. The summed E-state index contributed by atoms with van der Waals surface area (Å²) in [6.07, 6.45) is -0.809. The molecule has 0 saturated heterocycles. The molecule has 0 N–H and O–H groups in total. The van der Waals surface area contributed by atoms with Crippen LogP contribution in [0, 0.1) is 0 Å². The van der Waals surface area contributed by atoms with Crippen LogP contribution in [0.4, 0.5) is 0 Å². The minimum Gasteiger partial charge on any atom is -0.485 e. The first-order valence-electron chi connectivity index (χ1n) is 6.63. The highest BCUT2D eigenvalue weighted by molar-refractivity contribution is 6.35. The first-order chi connectivity index (χ1) is 10.6. The molecular weight excluding hydrogens is 327 g/mol. The summed E-state index contributed by atoms with van der Waals surface area (Å²) < 4.78 is 16.3. The Morgan fingerprint density at radius 2 is 1.77 bits per heavy atom. The maximum atomic E-state index is 12.1. The molecule has 1 aliphatic heterocycles. The van der Waals surface area contributed by atoms with Gasteiger partial charge < -0.3 is 14.2 Å². The number of esters is 1. The molecular formula is C16H12Cl2O4. The molecule has 6 heteroatoms. The third-order valence-corrected chi connectivity index (χ3v) is 3.90. The second-order valence-corrected chi connectivity index (χ2v) is 5.49. The first kappa shape index (κ1) is 15.0. The molecule has 0 amide bonds. The highest BCUT2D eigenvalue weighted by atomic mass is 35.5. The van der Waals surface area contributed by atoms with Gasteiger partial charge in [-0.15, -0.1) is 0 Å². The van der Waals surface area contributed by atoms with Crippen LogP contribution in [0.25, 0.3) is 0 Å².